The highest BCUT2D eigenvalue weighted by Gasteiger charge is 2.06. The molecular weight excluding hydrogens is 264 g/mol. The number of nitrogens with zero attached hydrogens (tertiary/aromatic N) is 2. The first-order valence-electron chi connectivity index (χ1n) is 5.91. The molecule has 16 heavy (non-hydrogen) atoms. The van der Waals surface area contributed by atoms with E-state index in [1.54, 1.807) is 0 Å². The van der Waals surface area contributed by atoms with Gasteiger partial charge in [-0.25, -0.2) is 4.98 Å². The summed E-state index contributed by atoms with van der Waals surface area (Å²) in [6.45, 7) is 5.45. The van der Waals surface area contributed by atoms with Crippen molar-refractivity contribution in [1.82, 2.24) is 4.98 Å². The summed E-state index contributed by atoms with van der Waals surface area (Å²) < 4.78 is 0. The molecule has 0 bridgehead atoms. The second-order valence-corrected chi connectivity index (χ2v) is 4.81. The summed E-state index contributed by atoms with van der Waals surface area (Å²) in [5.74, 6) is 1.11. The second kappa shape index (κ2) is 6.89. The number of pyridine rings is 1. The summed E-state index contributed by atoms with van der Waals surface area (Å²) >= 11 is 3.45. The first kappa shape index (κ1) is 13.5. The predicted octanol–water partition coefficient (Wildman–Crippen LogP) is 3.91. The van der Waals surface area contributed by atoms with E-state index in [4.69, 9.17) is 0 Å². The SMILES string of the molecule is CCCCCN(C)c1ncc(CBr)cc1C. The van der Waals surface area contributed by atoms with E-state index in [9.17, 15) is 0 Å². The van der Waals surface area contributed by atoms with Crippen molar-refractivity contribution >= 4 is 21.7 Å². The van der Waals surface area contributed by atoms with Crippen molar-refractivity contribution in [1.29, 1.82) is 0 Å². The van der Waals surface area contributed by atoms with Gasteiger partial charge in [0.2, 0.25) is 0 Å². The van der Waals surface area contributed by atoms with Crippen molar-refractivity contribution in [2.45, 2.75) is 38.4 Å². The van der Waals surface area contributed by atoms with Crippen LogP contribution in [0, 0.1) is 6.92 Å². The number of rotatable bonds is 6. The summed E-state index contributed by atoms with van der Waals surface area (Å²) in [6.07, 6.45) is 5.76. The van der Waals surface area contributed by atoms with Gasteiger partial charge in [0.1, 0.15) is 5.82 Å². The van der Waals surface area contributed by atoms with E-state index in [0.29, 0.717) is 0 Å². The molecule has 0 unspecified atom stereocenters. The van der Waals surface area contributed by atoms with Crippen LogP contribution in [0.1, 0.15) is 37.3 Å². The molecule has 3 heteroatoms. The fourth-order valence-corrected chi connectivity index (χ4v) is 2.11. The lowest BCUT2D eigenvalue weighted by Crippen LogP contribution is -2.20. The molecule has 2 nitrogen and oxygen atoms in total. The Kier molecular flexibility index (Phi) is 5.81. The Bertz CT molecular complexity index is 326. The van der Waals surface area contributed by atoms with E-state index in [1.807, 2.05) is 6.20 Å². The van der Waals surface area contributed by atoms with Crippen LogP contribution in [-0.4, -0.2) is 18.6 Å². The van der Waals surface area contributed by atoms with Gasteiger partial charge in [-0.15, -0.1) is 0 Å². The van der Waals surface area contributed by atoms with Gasteiger partial charge in [0, 0.05) is 25.1 Å². The third-order valence-corrected chi connectivity index (χ3v) is 3.37. The van der Waals surface area contributed by atoms with Crippen LogP contribution >= 0.6 is 15.9 Å². The van der Waals surface area contributed by atoms with Crippen LogP contribution in [0.2, 0.25) is 0 Å². The number of anilines is 1. The van der Waals surface area contributed by atoms with Crippen molar-refractivity contribution in [2.24, 2.45) is 0 Å². The van der Waals surface area contributed by atoms with Crippen LogP contribution in [0.25, 0.3) is 0 Å². The van der Waals surface area contributed by atoms with E-state index in [1.165, 1.54) is 30.4 Å². The van der Waals surface area contributed by atoms with Gasteiger partial charge in [-0.1, -0.05) is 41.8 Å². The second-order valence-electron chi connectivity index (χ2n) is 4.25. The molecule has 0 radical (unpaired) electrons. The van der Waals surface area contributed by atoms with E-state index >= 15 is 0 Å². The number of aryl methyl sites for hydroxylation is 1. The number of aromatic nitrogens is 1. The quantitative estimate of drug-likeness (QED) is 0.582. The van der Waals surface area contributed by atoms with Gasteiger partial charge in [-0.2, -0.15) is 0 Å². The molecule has 0 aromatic carbocycles. The zero-order chi connectivity index (χ0) is 12.0. The molecule has 0 aliphatic rings. The van der Waals surface area contributed by atoms with Crippen molar-refractivity contribution in [2.75, 3.05) is 18.5 Å². The number of unbranched alkanes of at least 4 members (excludes halogenated alkanes) is 2. The topological polar surface area (TPSA) is 16.1 Å². The fraction of sp³-hybridized carbons (Fsp3) is 0.615. The van der Waals surface area contributed by atoms with Crippen LogP contribution < -0.4 is 4.90 Å². The van der Waals surface area contributed by atoms with Gasteiger partial charge < -0.3 is 4.90 Å². The molecule has 0 amide bonds. The molecule has 90 valence electrons. The van der Waals surface area contributed by atoms with Crippen molar-refractivity contribution in [3.05, 3.63) is 23.4 Å². The Morgan fingerprint density at radius 3 is 2.69 bits per heavy atom. The normalized spacial score (nSPS) is 10.5. The molecule has 0 spiro atoms. The molecule has 0 atom stereocenters. The smallest absolute Gasteiger partial charge is 0.131 e. The van der Waals surface area contributed by atoms with Crippen molar-refractivity contribution < 1.29 is 0 Å². The largest absolute Gasteiger partial charge is 0.359 e. The van der Waals surface area contributed by atoms with Crippen LogP contribution in [0.5, 0.6) is 0 Å². The third-order valence-electron chi connectivity index (χ3n) is 2.72. The molecule has 1 aromatic rings. The van der Waals surface area contributed by atoms with Gasteiger partial charge in [0.25, 0.3) is 0 Å². The third kappa shape index (κ3) is 3.78. The Hall–Kier alpha value is -0.570. The lowest BCUT2D eigenvalue weighted by Gasteiger charge is -2.20. The molecule has 1 rings (SSSR count). The maximum Gasteiger partial charge on any atom is 0.131 e. The van der Waals surface area contributed by atoms with Crippen LogP contribution in [0.15, 0.2) is 12.3 Å². The van der Waals surface area contributed by atoms with Gasteiger partial charge in [0.15, 0.2) is 0 Å². The van der Waals surface area contributed by atoms with Gasteiger partial charge in [0.05, 0.1) is 0 Å². The Balaban J connectivity index is 2.64. The van der Waals surface area contributed by atoms with Crippen molar-refractivity contribution in [3.8, 4) is 0 Å². The number of halogens is 1. The molecule has 0 aliphatic carbocycles. The van der Waals surface area contributed by atoms with Crippen LogP contribution in [-0.2, 0) is 5.33 Å². The molecule has 0 fully saturated rings. The summed E-state index contributed by atoms with van der Waals surface area (Å²) in [5, 5.41) is 0.876. The average Bonchev–Trinajstić information content (AvgIpc) is 2.29. The van der Waals surface area contributed by atoms with Gasteiger partial charge in [-0.3, -0.25) is 0 Å². The summed E-state index contributed by atoms with van der Waals surface area (Å²) in [7, 11) is 2.12. The Morgan fingerprint density at radius 2 is 2.12 bits per heavy atom. The molecular formula is C13H21BrN2. The summed E-state index contributed by atoms with van der Waals surface area (Å²) in [5.41, 5.74) is 2.50. The Labute approximate surface area is 107 Å². The van der Waals surface area contributed by atoms with Crippen LogP contribution in [0.4, 0.5) is 5.82 Å². The van der Waals surface area contributed by atoms with Gasteiger partial charge in [-0.05, 0) is 24.5 Å². The van der Waals surface area contributed by atoms with Crippen LogP contribution in [0.3, 0.4) is 0 Å². The van der Waals surface area contributed by atoms with E-state index < -0.39 is 0 Å². The van der Waals surface area contributed by atoms with Crippen molar-refractivity contribution in [3.63, 3.8) is 0 Å². The van der Waals surface area contributed by atoms with Gasteiger partial charge >= 0.3 is 0 Å². The minimum atomic E-state index is 0.876. The highest BCUT2D eigenvalue weighted by Crippen LogP contribution is 2.18. The predicted molar refractivity (Wildman–Crippen MR) is 74.4 cm³/mol. The first-order chi connectivity index (χ1) is 7.69. The zero-order valence-electron chi connectivity index (χ0n) is 10.5. The molecule has 0 N–H and O–H groups in total. The maximum atomic E-state index is 4.52. The fourth-order valence-electron chi connectivity index (χ4n) is 1.80. The highest BCUT2D eigenvalue weighted by molar-refractivity contribution is 9.08. The molecule has 0 saturated carbocycles. The Morgan fingerprint density at radius 1 is 1.38 bits per heavy atom. The average molecular weight is 285 g/mol. The lowest BCUT2D eigenvalue weighted by atomic mass is 10.2. The summed E-state index contributed by atoms with van der Waals surface area (Å²) in [6, 6.07) is 2.20. The van der Waals surface area contributed by atoms with E-state index in [2.05, 4.69) is 52.8 Å². The minimum absolute atomic E-state index is 0.876. The molecule has 0 aliphatic heterocycles. The lowest BCUT2D eigenvalue weighted by molar-refractivity contribution is 0.700. The maximum absolute atomic E-state index is 4.52. The highest BCUT2D eigenvalue weighted by atomic mass is 79.9. The molecule has 1 heterocycles. The first-order valence-corrected chi connectivity index (χ1v) is 7.03. The van der Waals surface area contributed by atoms with E-state index in [-0.39, 0.29) is 0 Å². The standard InChI is InChI=1S/C13H21BrN2/c1-4-5-6-7-16(3)13-11(2)8-12(9-14)10-15-13/h8,10H,4-7,9H2,1-3H3. The number of alkyl halides is 1. The molecule has 1 aromatic heterocycles. The number of hydrogen-bond donors (Lipinski definition) is 0. The summed E-state index contributed by atoms with van der Waals surface area (Å²) in [4.78, 5) is 6.78. The molecule has 0 saturated heterocycles. The number of hydrogen-bond acceptors (Lipinski definition) is 2. The van der Waals surface area contributed by atoms with E-state index in [0.717, 1.165) is 17.7 Å². The minimum Gasteiger partial charge on any atom is -0.359 e. The monoisotopic (exact) mass is 284 g/mol. The zero-order valence-corrected chi connectivity index (χ0v) is 12.0.